The van der Waals surface area contributed by atoms with E-state index in [0.29, 0.717) is 37.6 Å². The van der Waals surface area contributed by atoms with Gasteiger partial charge in [0, 0.05) is 42.8 Å². The number of amides is 2. The number of fused-ring (bicyclic) bond motifs is 1. The van der Waals surface area contributed by atoms with Crippen LogP contribution in [-0.2, 0) is 4.79 Å². The van der Waals surface area contributed by atoms with Gasteiger partial charge in [-0.2, -0.15) is 0 Å². The van der Waals surface area contributed by atoms with Crippen molar-refractivity contribution in [2.75, 3.05) is 37.7 Å². The van der Waals surface area contributed by atoms with Crippen molar-refractivity contribution in [2.45, 2.75) is 0 Å². The summed E-state index contributed by atoms with van der Waals surface area (Å²) in [7, 11) is 0. The lowest BCUT2D eigenvalue weighted by molar-refractivity contribution is -0.129. The Kier molecular flexibility index (Phi) is 5.25. The molecule has 0 bridgehead atoms. The van der Waals surface area contributed by atoms with E-state index in [0.717, 1.165) is 16.7 Å². The molecule has 1 saturated heterocycles. The average molecular weight is 343 g/mol. The minimum atomic E-state index is -0.000619. The third-order valence-corrected chi connectivity index (χ3v) is 5.06. The van der Waals surface area contributed by atoms with E-state index in [9.17, 15) is 9.59 Å². The number of carbonyl (C=O) groups is 2. The highest BCUT2D eigenvalue weighted by Gasteiger charge is 2.25. The Labute approximate surface area is 145 Å². The number of hydrogen-bond acceptors (Lipinski definition) is 3. The van der Waals surface area contributed by atoms with Crippen LogP contribution in [-0.4, -0.2) is 64.3 Å². The number of benzene rings is 1. The van der Waals surface area contributed by atoms with E-state index in [1.165, 1.54) is 0 Å². The van der Waals surface area contributed by atoms with Crippen molar-refractivity contribution in [1.29, 1.82) is 0 Å². The fourth-order valence-corrected chi connectivity index (χ4v) is 3.48. The molecule has 1 aliphatic rings. The number of carbonyl (C=O) groups excluding carboxylic acids is 2. The van der Waals surface area contributed by atoms with Crippen LogP contribution < -0.4 is 0 Å². The number of nitrogens with zero attached hydrogens (tertiary/aromatic N) is 2. The van der Waals surface area contributed by atoms with E-state index < -0.39 is 0 Å². The highest BCUT2D eigenvalue weighted by atomic mass is 32.2. The number of aromatic nitrogens is 1. The molecule has 2 heterocycles. The summed E-state index contributed by atoms with van der Waals surface area (Å²) in [4.78, 5) is 31.6. The van der Waals surface area contributed by atoms with Crippen molar-refractivity contribution in [3.8, 4) is 0 Å². The first-order chi connectivity index (χ1) is 11.7. The molecule has 126 valence electrons. The average Bonchev–Trinajstić information content (AvgIpc) is 3.05. The molecule has 0 aliphatic carbocycles. The van der Waals surface area contributed by atoms with Gasteiger partial charge in [0.05, 0.1) is 5.75 Å². The second-order valence-corrected chi connectivity index (χ2v) is 6.78. The molecule has 1 aliphatic heterocycles. The summed E-state index contributed by atoms with van der Waals surface area (Å²) >= 11 is 1.57. The number of nitrogens with one attached hydrogen (secondary N) is 1. The van der Waals surface area contributed by atoms with Crippen LogP contribution in [0.5, 0.6) is 0 Å². The lowest BCUT2D eigenvalue weighted by Crippen LogP contribution is -2.51. The van der Waals surface area contributed by atoms with Gasteiger partial charge < -0.3 is 14.8 Å². The zero-order valence-corrected chi connectivity index (χ0v) is 14.3. The molecular weight excluding hydrogens is 322 g/mol. The Bertz CT molecular complexity index is 715. The summed E-state index contributed by atoms with van der Waals surface area (Å²) < 4.78 is 0. The molecule has 3 rings (SSSR count). The van der Waals surface area contributed by atoms with Gasteiger partial charge in [0.2, 0.25) is 5.91 Å². The number of H-pyrrole nitrogens is 1. The molecule has 0 atom stereocenters. The van der Waals surface area contributed by atoms with Crippen LogP contribution in [0, 0.1) is 0 Å². The smallest absolute Gasteiger partial charge is 0.270 e. The summed E-state index contributed by atoms with van der Waals surface area (Å²) in [6.07, 6.45) is 1.80. The Morgan fingerprint density at radius 1 is 1.17 bits per heavy atom. The lowest BCUT2D eigenvalue weighted by atomic mass is 10.2. The number of aromatic amines is 1. The van der Waals surface area contributed by atoms with Gasteiger partial charge in [0.1, 0.15) is 5.69 Å². The van der Waals surface area contributed by atoms with Crippen molar-refractivity contribution in [2.24, 2.45) is 0 Å². The van der Waals surface area contributed by atoms with Gasteiger partial charge in [-0.15, -0.1) is 18.3 Å². The highest BCUT2D eigenvalue weighted by Crippen LogP contribution is 2.17. The largest absolute Gasteiger partial charge is 0.351 e. The molecule has 1 N–H and O–H groups in total. The zero-order chi connectivity index (χ0) is 16.9. The second kappa shape index (κ2) is 7.57. The van der Waals surface area contributed by atoms with Crippen LogP contribution in [0.15, 0.2) is 43.0 Å². The maximum atomic E-state index is 12.6. The van der Waals surface area contributed by atoms with E-state index in [1.54, 1.807) is 17.8 Å². The number of para-hydroxylation sites is 1. The summed E-state index contributed by atoms with van der Waals surface area (Å²) in [5.74, 6) is 1.39. The van der Waals surface area contributed by atoms with Gasteiger partial charge in [-0.25, -0.2) is 0 Å². The molecule has 2 aromatic rings. The first kappa shape index (κ1) is 16.6. The first-order valence-corrected chi connectivity index (χ1v) is 9.18. The first-order valence-electron chi connectivity index (χ1n) is 8.02. The lowest BCUT2D eigenvalue weighted by Gasteiger charge is -2.34. The summed E-state index contributed by atoms with van der Waals surface area (Å²) in [6.45, 7) is 6.00. The Hall–Kier alpha value is -2.21. The Morgan fingerprint density at radius 2 is 1.88 bits per heavy atom. The minimum absolute atomic E-state index is 0.000619. The number of thioether (sulfide) groups is 1. The number of piperazine rings is 1. The van der Waals surface area contributed by atoms with Crippen LogP contribution in [0.3, 0.4) is 0 Å². The third kappa shape index (κ3) is 3.64. The molecule has 2 amide bonds. The Morgan fingerprint density at radius 3 is 2.58 bits per heavy atom. The molecule has 0 spiro atoms. The van der Waals surface area contributed by atoms with E-state index in [2.05, 4.69) is 11.6 Å². The van der Waals surface area contributed by atoms with Gasteiger partial charge in [-0.1, -0.05) is 24.3 Å². The van der Waals surface area contributed by atoms with Crippen molar-refractivity contribution in [3.05, 3.63) is 48.7 Å². The Balaban J connectivity index is 1.57. The standard InChI is InChI=1S/C18H21N3O2S/c1-2-11-24-13-17(22)20-7-9-21(10-8-20)18(23)16-12-14-5-3-4-6-15(14)19-16/h2-6,12,19H,1,7-11,13H2. The summed E-state index contributed by atoms with van der Waals surface area (Å²) in [5.41, 5.74) is 1.58. The van der Waals surface area contributed by atoms with E-state index in [1.807, 2.05) is 40.1 Å². The van der Waals surface area contributed by atoms with Crippen LogP contribution in [0.25, 0.3) is 10.9 Å². The number of rotatable bonds is 5. The molecule has 5 nitrogen and oxygen atoms in total. The molecule has 1 aromatic carbocycles. The molecule has 6 heteroatoms. The molecule has 0 radical (unpaired) electrons. The molecule has 1 aromatic heterocycles. The SMILES string of the molecule is C=CCSCC(=O)N1CCN(C(=O)c2cc3ccccc3[nH]2)CC1. The van der Waals surface area contributed by atoms with Gasteiger partial charge in [0.25, 0.3) is 5.91 Å². The predicted octanol–water partition coefficient (Wildman–Crippen LogP) is 2.37. The highest BCUT2D eigenvalue weighted by molar-refractivity contribution is 8.00. The topological polar surface area (TPSA) is 56.4 Å². The fraction of sp³-hybridized carbons (Fsp3) is 0.333. The van der Waals surface area contributed by atoms with Gasteiger partial charge in [-0.3, -0.25) is 9.59 Å². The summed E-state index contributed by atoms with van der Waals surface area (Å²) in [5, 5.41) is 1.04. The number of hydrogen-bond donors (Lipinski definition) is 1. The quantitative estimate of drug-likeness (QED) is 0.670. The molecule has 1 fully saturated rings. The fourth-order valence-electron chi connectivity index (χ4n) is 2.84. The molecule has 24 heavy (non-hydrogen) atoms. The van der Waals surface area contributed by atoms with Crippen LogP contribution in [0.4, 0.5) is 0 Å². The monoisotopic (exact) mass is 343 g/mol. The summed E-state index contributed by atoms with van der Waals surface area (Å²) in [6, 6.07) is 9.74. The van der Waals surface area contributed by atoms with E-state index in [-0.39, 0.29) is 11.8 Å². The molecule has 0 saturated carbocycles. The van der Waals surface area contributed by atoms with Gasteiger partial charge in [-0.05, 0) is 12.1 Å². The second-order valence-electron chi connectivity index (χ2n) is 5.75. The normalized spacial score (nSPS) is 14.8. The van der Waals surface area contributed by atoms with Crippen LogP contribution in [0.2, 0.25) is 0 Å². The minimum Gasteiger partial charge on any atom is -0.351 e. The third-order valence-electron chi connectivity index (χ3n) is 4.14. The van der Waals surface area contributed by atoms with E-state index >= 15 is 0 Å². The van der Waals surface area contributed by atoms with Crippen molar-refractivity contribution < 1.29 is 9.59 Å². The predicted molar refractivity (Wildman–Crippen MR) is 98.3 cm³/mol. The van der Waals surface area contributed by atoms with Crippen molar-refractivity contribution in [1.82, 2.24) is 14.8 Å². The maximum Gasteiger partial charge on any atom is 0.270 e. The van der Waals surface area contributed by atoms with Gasteiger partial charge in [0.15, 0.2) is 0 Å². The molecule has 0 unspecified atom stereocenters. The van der Waals surface area contributed by atoms with E-state index in [4.69, 9.17) is 0 Å². The van der Waals surface area contributed by atoms with Gasteiger partial charge >= 0.3 is 0 Å². The zero-order valence-electron chi connectivity index (χ0n) is 13.5. The van der Waals surface area contributed by atoms with Crippen LogP contribution in [0.1, 0.15) is 10.5 Å². The van der Waals surface area contributed by atoms with Crippen molar-refractivity contribution >= 4 is 34.5 Å². The van der Waals surface area contributed by atoms with Crippen molar-refractivity contribution in [3.63, 3.8) is 0 Å². The molecular formula is C18H21N3O2S. The maximum absolute atomic E-state index is 12.6. The van der Waals surface area contributed by atoms with Crippen LogP contribution >= 0.6 is 11.8 Å².